The Hall–Kier alpha value is -6.44. The maximum Gasteiger partial charge on any atom is 0.166 e. The lowest BCUT2D eigenvalue weighted by Crippen LogP contribution is -2.55. The number of carbonyl (C=O) groups is 2. The second-order valence-electron chi connectivity index (χ2n) is 28.0. The second-order valence-corrected chi connectivity index (χ2v) is 31.0. The molecule has 634 valence electrons. The van der Waals surface area contributed by atoms with Crippen LogP contribution in [0.3, 0.4) is 0 Å². The summed E-state index contributed by atoms with van der Waals surface area (Å²) in [6.45, 7) is 15.3. The number of aliphatic hydroxyl groups excluding tert-OH is 2. The highest BCUT2D eigenvalue weighted by Gasteiger charge is 2.64. The third-order valence-corrected chi connectivity index (χ3v) is 21.7. The lowest BCUT2D eigenvalue weighted by atomic mass is 9.67. The Labute approximate surface area is 691 Å². The molecule has 0 amide bonds. The maximum atomic E-state index is 12.4. The van der Waals surface area contributed by atoms with Gasteiger partial charge in [0.15, 0.2) is 57.4 Å². The molecule has 0 radical (unpaired) electrons. The molecule has 2 saturated heterocycles. The van der Waals surface area contributed by atoms with E-state index in [0.29, 0.717) is 169 Å². The smallest absolute Gasteiger partial charge is 0.166 e. The first-order valence-electron chi connectivity index (χ1n) is 37.8. The summed E-state index contributed by atoms with van der Waals surface area (Å²) in [5, 5.41) is 20.9. The number of Topliss-reactive ketones (excluding diaryl/α,β-unsaturated/α-hetero) is 2. The minimum Gasteiger partial charge on any atom is -0.391 e. The SMILES string of the molecule is CC.CCI.CCI.COC[C@@H]1[C@@H](COC)[C@@H]2O[C@H]12.COC[C@@H]1[C@@H](COC)[C@@H]2O[C@H]12.COC[C@@H]1[C@@H](COC)[C@H](O)[C@H]1n1cnc2c(N)ncnc21.COC[C@@H]1[C@H](O)[C@H](n2cnc3c(N)ncnc32)[C@H]1COC.COC[C@H]1[C@H](COC)C(=O)[C@@H]1n1cnc2c(N)ncnc21.COC[C@H]1[C@H](n2cnc3c(N)ncnc32)C(=O)[C@@H]1COC. The van der Waals surface area contributed by atoms with Crippen LogP contribution in [0.2, 0.25) is 0 Å². The molecule has 8 aromatic heterocycles. The number of imidazole rings is 4. The fraction of sp³-hybridized carbons (Fsp3) is 0.703. The fourth-order valence-corrected chi connectivity index (χ4v) is 16.2. The number of anilines is 4. The summed E-state index contributed by atoms with van der Waals surface area (Å²) in [7, 11) is 19.9. The summed E-state index contributed by atoms with van der Waals surface area (Å²) < 4.78 is 82.4. The lowest BCUT2D eigenvalue weighted by Gasteiger charge is -2.49. The zero-order chi connectivity index (χ0) is 83.0. The predicted octanol–water partition coefficient (Wildman–Crippen LogP) is 4.31. The van der Waals surface area contributed by atoms with Gasteiger partial charge in [0.2, 0.25) is 0 Å². The van der Waals surface area contributed by atoms with Crippen molar-refractivity contribution >= 4 is 125 Å². The molecule has 0 aromatic carbocycles. The van der Waals surface area contributed by atoms with Crippen LogP contribution in [-0.4, -0.2) is 310 Å². The molecule has 6 aliphatic carbocycles. The third-order valence-electron chi connectivity index (χ3n) is 21.7. The number of halogens is 2. The molecule has 114 heavy (non-hydrogen) atoms. The number of methoxy groups -OCH3 is 12. The number of rotatable bonds is 28. The van der Waals surface area contributed by atoms with Gasteiger partial charge in [-0.2, -0.15) is 0 Å². The van der Waals surface area contributed by atoms with Crippen molar-refractivity contribution in [3.8, 4) is 0 Å². The van der Waals surface area contributed by atoms with Crippen LogP contribution in [0.4, 0.5) is 23.3 Å². The molecule has 0 spiro atoms. The van der Waals surface area contributed by atoms with Crippen LogP contribution < -0.4 is 22.9 Å². The van der Waals surface area contributed by atoms with Gasteiger partial charge in [-0.15, -0.1) is 0 Å². The van der Waals surface area contributed by atoms with E-state index >= 15 is 0 Å². The normalized spacial score (nSPS) is 29.2. The Morgan fingerprint density at radius 1 is 0.333 bits per heavy atom. The number of aliphatic hydroxyl groups is 2. The summed E-state index contributed by atoms with van der Waals surface area (Å²) in [6.07, 6.45) is 12.9. The molecule has 8 aliphatic rings. The van der Waals surface area contributed by atoms with E-state index in [4.69, 9.17) is 89.3 Å². The van der Waals surface area contributed by atoms with Gasteiger partial charge in [-0.25, -0.2) is 59.8 Å². The van der Waals surface area contributed by atoms with Gasteiger partial charge in [-0.05, 0) is 8.86 Å². The van der Waals surface area contributed by atoms with Gasteiger partial charge in [0, 0.05) is 144 Å². The number of alkyl halides is 2. The predicted molar refractivity (Wildman–Crippen MR) is 439 cm³/mol. The number of hydrogen-bond donors (Lipinski definition) is 6. The number of fused-ring (bicyclic) bond motifs is 6. The summed E-state index contributed by atoms with van der Waals surface area (Å²) >= 11 is 4.58. The Morgan fingerprint density at radius 2 is 0.544 bits per heavy atom. The van der Waals surface area contributed by atoms with E-state index in [2.05, 4.69) is 119 Å². The van der Waals surface area contributed by atoms with Crippen LogP contribution in [0.25, 0.3) is 44.7 Å². The van der Waals surface area contributed by atoms with Crippen molar-refractivity contribution in [2.24, 2.45) is 71.0 Å². The molecule has 2 aliphatic heterocycles. The number of nitrogen functional groups attached to an aromatic ring is 4. The van der Waals surface area contributed by atoms with Crippen LogP contribution in [0, 0.1) is 71.0 Å². The van der Waals surface area contributed by atoms with E-state index in [9.17, 15) is 19.8 Å². The van der Waals surface area contributed by atoms with Gasteiger partial charge in [0.25, 0.3) is 0 Å². The Balaban J connectivity index is 0.000000170. The number of ether oxygens (including phenoxy) is 14. The number of hydrogen-bond acceptors (Lipinski definition) is 34. The summed E-state index contributed by atoms with van der Waals surface area (Å²) in [5.74, 6) is 3.97. The van der Waals surface area contributed by atoms with Crippen molar-refractivity contribution < 1.29 is 86.1 Å². The molecule has 38 nitrogen and oxygen atoms in total. The van der Waals surface area contributed by atoms with Crippen molar-refractivity contribution in [2.45, 2.75) is 88.5 Å². The molecule has 22 atom stereocenters. The number of carbonyl (C=O) groups excluding carboxylic acids is 2. The monoisotopic (exact) mass is 1830 g/mol. The van der Waals surface area contributed by atoms with Gasteiger partial charge in [0.1, 0.15) is 59.5 Å². The highest BCUT2D eigenvalue weighted by molar-refractivity contribution is 14.1. The summed E-state index contributed by atoms with van der Waals surface area (Å²) in [6, 6.07) is -0.984. The highest BCUT2D eigenvalue weighted by Crippen LogP contribution is 2.53. The first-order chi connectivity index (χ1) is 55.3. The van der Waals surface area contributed by atoms with Crippen LogP contribution in [-0.2, 0) is 75.9 Å². The van der Waals surface area contributed by atoms with Crippen LogP contribution in [0.15, 0.2) is 50.6 Å². The molecular weight excluding hydrogens is 1710 g/mol. The largest absolute Gasteiger partial charge is 0.391 e. The van der Waals surface area contributed by atoms with Crippen molar-refractivity contribution in [1.82, 2.24) is 78.1 Å². The van der Waals surface area contributed by atoms with E-state index < -0.39 is 12.2 Å². The molecule has 40 heteroatoms. The number of ketones is 2. The molecule has 10 N–H and O–H groups in total. The first-order valence-corrected chi connectivity index (χ1v) is 40.8. The quantitative estimate of drug-likeness (QED) is 0.0226. The third kappa shape index (κ3) is 20.4. The molecular formula is C74H116I2N20O18. The zero-order valence-corrected chi connectivity index (χ0v) is 72.2. The molecule has 8 fully saturated rings. The summed E-state index contributed by atoms with van der Waals surface area (Å²) in [5.41, 5.74) is 27.7. The van der Waals surface area contributed by atoms with Crippen LogP contribution in [0.5, 0.6) is 0 Å². The molecule has 6 saturated carbocycles. The Bertz CT molecular complexity index is 3930. The topological polar surface area (TPSA) is 489 Å². The average Bonchev–Trinajstić information content (AvgIpc) is 1.59. The van der Waals surface area contributed by atoms with Crippen LogP contribution in [0.1, 0.15) is 51.9 Å². The average molecular weight is 1830 g/mol. The van der Waals surface area contributed by atoms with Gasteiger partial charge >= 0.3 is 0 Å². The molecule has 8 aromatic rings. The number of epoxide rings is 2. The maximum absolute atomic E-state index is 12.4. The van der Waals surface area contributed by atoms with Gasteiger partial charge in [-0.1, -0.05) is 72.9 Å². The van der Waals surface area contributed by atoms with Crippen molar-refractivity contribution in [3.63, 3.8) is 0 Å². The van der Waals surface area contributed by atoms with Crippen molar-refractivity contribution in [2.75, 3.05) is 196 Å². The highest BCUT2D eigenvalue weighted by atomic mass is 127. The first kappa shape index (κ1) is 93.1. The number of aromatic nitrogens is 16. The Kier molecular flexibility index (Phi) is 37.1. The standard InChI is InChI=1S/2C13H19N5O3.2C13H17N5O3.2C8H14O3.2C2H5I.C2H6/c4*1-20-3-7-8(4-21-2)11(19)10(7)18-6-17-9-12(14)15-5-16-13(9)18;2*1-9-3-5-6(4-10-2)8-7(5)11-8;2*1-2-3;1-2/h2*5-8,10-11,19H,3-4H2,1-2H3,(H2,14,15,16);2*5-8,10H,3-4H2,1-2H3,(H2,14,15,16);2*5-8H,3-4H2,1-2H3;2*2H2,1H3;1-2H3/t7-,8-,10+,11+;7-,8-,10+,11-;2*7-,8-,10+;2*5-,6-,7-,8+;;;/m101011.../s1. The van der Waals surface area contributed by atoms with E-state index in [1.807, 2.05) is 23.0 Å². The van der Waals surface area contributed by atoms with E-state index in [0.717, 1.165) is 26.4 Å². The minimum atomic E-state index is -0.529. The van der Waals surface area contributed by atoms with Gasteiger partial charge in [-0.3, -0.25) is 9.59 Å². The van der Waals surface area contributed by atoms with Crippen molar-refractivity contribution in [1.29, 1.82) is 0 Å². The second kappa shape index (κ2) is 45.5. The zero-order valence-electron chi connectivity index (χ0n) is 67.9. The number of nitrogens with zero attached hydrogens (tertiary/aromatic N) is 16. The fourth-order valence-electron chi connectivity index (χ4n) is 16.2. The molecule has 0 unspecified atom stereocenters. The minimum absolute atomic E-state index is 0.0380. The van der Waals surface area contributed by atoms with Gasteiger partial charge < -0.3 is 118 Å². The molecule has 10 heterocycles. The summed E-state index contributed by atoms with van der Waals surface area (Å²) in [4.78, 5) is 74.2. The van der Waals surface area contributed by atoms with E-state index in [1.165, 1.54) is 34.2 Å². The molecule has 16 rings (SSSR count). The lowest BCUT2D eigenvalue weighted by molar-refractivity contribution is -0.148. The van der Waals surface area contributed by atoms with Crippen molar-refractivity contribution in [3.05, 3.63) is 50.6 Å². The van der Waals surface area contributed by atoms with E-state index in [1.54, 1.807) is 120 Å². The Morgan fingerprint density at radius 3 is 0.789 bits per heavy atom. The van der Waals surface area contributed by atoms with Gasteiger partial charge in [0.05, 0.1) is 165 Å². The van der Waals surface area contributed by atoms with Crippen LogP contribution >= 0.6 is 45.2 Å². The van der Waals surface area contributed by atoms with E-state index in [-0.39, 0.29) is 83.1 Å². The number of nitrogens with two attached hydrogens (primary N) is 4. The molecule has 0 bridgehead atoms.